The number of benzene rings is 4. The van der Waals surface area contributed by atoms with Gasteiger partial charge in [-0.2, -0.15) is 0 Å². The number of nitrogens with one attached hydrogen (secondary N) is 3. The molecule has 0 atom stereocenters. The molecule has 0 bridgehead atoms. The van der Waals surface area contributed by atoms with Crippen molar-refractivity contribution in [1.82, 2.24) is 5.32 Å². The molecular formula is C33H31N3O4S. The van der Waals surface area contributed by atoms with Crippen LogP contribution in [0.2, 0.25) is 0 Å². The van der Waals surface area contributed by atoms with Crippen molar-refractivity contribution in [2.24, 2.45) is 0 Å². The first-order valence-corrected chi connectivity index (χ1v) is 14.1. The minimum atomic E-state index is -0.453. The van der Waals surface area contributed by atoms with E-state index in [0.29, 0.717) is 23.5 Å². The molecule has 0 heterocycles. The summed E-state index contributed by atoms with van der Waals surface area (Å²) in [7, 11) is 0. The Morgan fingerprint density at radius 2 is 1.49 bits per heavy atom. The molecular weight excluding hydrogens is 534 g/mol. The Bertz CT molecular complexity index is 1520. The molecule has 0 spiro atoms. The summed E-state index contributed by atoms with van der Waals surface area (Å²) >= 11 is 1.38. The van der Waals surface area contributed by atoms with Gasteiger partial charge in [0, 0.05) is 21.8 Å². The Morgan fingerprint density at radius 3 is 2.17 bits per heavy atom. The highest BCUT2D eigenvalue weighted by atomic mass is 32.2. The van der Waals surface area contributed by atoms with Crippen LogP contribution in [0.15, 0.2) is 114 Å². The van der Waals surface area contributed by atoms with E-state index in [1.165, 1.54) is 11.8 Å². The van der Waals surface area contributed by atoms with Gasteiger partial charge in [0.05, 0.1) is 12.4 Å². The minimum Gasteiger partial charge on any atom is -0.494 e. The summed E-state index contributed by atoms with van der Waals surface area (Å²) < 4.78 is 5.42. The second-order valence-corrected chi connectivity index (χ2v) is 10.1. The fraction of sp³-hybridized carbons (Fsp3) is 0.121. The molecule has 3 N–H and O–H groups in total. The van der Waals surface area contributed by atoms with E-state index in [9.17, 15) is 14.4 Å². The van der Waals surface area contributed by atoms with E-state index in [0.717, 1.165) is 21.8 Å². The monoisotopic (exact) mass is 565 g/mol. The molecule has 0 fully saturated rings. The summed E-state index contributed by atoms with van der Waals surface area (Å²) in [5.41, 5.74) is 3.65. The number of thioether (sulfide) groups is 1. The molecule has 0 radical (unpaired) electrons. The summed E-state index contributed by atoms with van der Waals surface area (Å²) in [6.45, 7) is 4.46. The zero-order valence-corrected chi connectivity index (χ0v) is 23.7. The van der Waals surface area contributed by atoms with Crippen LogP contribution in [0, 0.1) is 6.92 Å². The van der Waals surface area contributed by atoms with E-state index in [1.807, 2.05) is 68.4 Å². The quantitative estimate of drug-likeness (QED) is 0.142. The maximum absolute atomic E-state index is 13.2. The van der Waals surface area contributed by atoms with Crippen molar-refractivity contribution in [1.29, 1.82) is 0 Å². The van der Waals surface area contributed by atoms with Crippen LogP contribution in [0.1, 0.15) is 28.4 Å². The van der Waals surface area contributed by atoms with Crippen LogP contribution in [0.4, 0.5) is 11.4 Å². The molecule has 7 nitrogen and oxygen atoms in total. The molecule has 8 heteroatoms. The van der Waals surface area contributed by atoms with Crippen LogP contribution in [-0.4, -0.2) is 30.1 Å². The van der Waals surface area contributed by atoms with Crippen molar-refractivity contribution < 1.29 is 19.1 Å². The van der Waals surface area contributed by atoms with Crippen molar-refractivity contribution in [3.8, 4) is 5.75 Å². The summed E-state index contributed by atoms with van der Waals surface area (Å²) in [5, 5.41) is 8.47. The molecule has 0 unspecified atom stereocenters. The number of anilines is 2. The van der Waals surface area contributed by atoms with Crippen molar-refractivity contribution in [2.45, 2.75) is 18.7 Å². The molecule has 41 heavy (non-hydrogen) atoms. The molecule has 0 aliphatic rings. The number of hydrogen-bond acceptors (Lipinski definition) is 5. The second kappa shape index (κ2) is 14.5. The van der Waals surface area contributed by atoms with Gasteiger partial charge in [-0.25, -0.2) is 0 Å². The average molecular weight is 566 g/mol. The second-order valence-electron chi connectivity index (χ2n) is 9.07. The number of carbonyl (C=O) groups is 3. The van der Waals surface area contributed by atoms with Gasteiger partial charge in [0.2, 0.25) is 5.91 Å². The number of carbonyl (C=O) groups excluding carboxylic acids is 3. The molecule has 3 amide bonds. The number of ether oxygens (including phenoxy) is 1. The smallest absolute Gasteiger partial charge is 0.272 e. The molecule has 0 aliphatic heterocycles. The minimum absolute atomic E-state index is 0.119. The molecule has 0 aromatic heterocycles. The Labute approximate surface area is 244 Å². The predicted molar refractivity (Wildman–Crippen MR) is 165 cm³/mol. The van der Waals surface area contributed by atoms with Crippen LogP contribution in [0.25, 0.3) is 6.08 Å². The van der Waals surface area contributed by atoms with Crippen LogP contribution >= 0.6 is 11.8 Å². The van der Waals surface area contributed by atoms with E-state index in [2.05, 4.69) is 16.0 Å². The van der Waals surface area contributed by atoms with Gasteiger partial charge >= 0.3 is 0 Å². The number of aryl methyl sites for hydroxylation is 1. The van der Waals surface area contributed by atoms with E-state index in [-0.39, 0.29) is 23.3 Å². The summed E-state index contributed by atoms with van der Waals surface area (Å²) in [6, 6.07) is 30.8. The lowest BCUT2D eigenvalue weighted by Gasteiger charge is -2.12. The predicted octanol–water partition coefficient (Wildman–Crippen LogP) is 6.53. The highest BCUT2D eigenvalue weighted by molar-refractivity contribution is 8.00. The maximum Gasteiger partial charge on any atom is 0.272 e. The van der Waals surface area contributed by atoms with Crippen molar-refractivity contribution in [3.63, 3.8) is 0 Å². The Morgan fingerprint density at radius 1 is 0.805 bits per heavy atom. The molecule has 208 valence electrons. The molecule has 4 rings (SSSR count). The van der Waals surface area contributed by atoms with E-state index >= 15 is 0 Å². The number of rotatable bonds is 11. The first-order chi connectivity index (χ1) is 19.9. The van der Waals surface area contributed by atoms with Gasteiger partial charge in [-0.15, -0.1) is 11.8 Å². The molecule has 0 aliphatic carbocycles. The fourth-order valence-electron chi connectivity index (χ4n) is 3.85. The third kappa shape index (κ3) is 9.12. The van der Waals surface area contributed by atoms with E-state index in [4.69, 9.17) is 4.74 Å². The Kier molecular flexibility index (Phi) is 10.3. The molecule has 4 aromatic carbocycles. The first kappa shape index (κ1) is 29.2. The van der Waals surface area contributed by atoms with Gasteiger partial charge in [0.25, 0.3) is 11.8 Å². The van der Waals surface area contributed by atoms with Gasteiger partial charge in [0.1, 0.15) is 11.4 Å². The van der Waals surface area contributed by atoms with Crippen LogP contribution < -0.4 is 20.7 Å². The zero-order chi connectivity index (χ0) is 29.0. The topological polar surface area (TPSA) is 96.5 Å². The van der Waals surface area contributed by atoms with Gasteiger partial charge in [-0.3, -0.25) is 14.4 Å². The first-order valence-electron chi connectivity index (χ1n) is 13.1. The lowest BCUT2D eigenvalue weighted by molar-refractivity contribution is -0.114. The third-order valence-corrected chi connectivity index (χ3v) is 6.83. The Hall–Kier alpha value is -4.82. The van der Waals surface area contributed by atoms with E-state index in [1.54, 1.807) is 54.6 Å². The number of amides is 3. The van der Waals surface area contributed by atoms with Crippen LogP contribution in [-0.2, 0) is 9.59 Å². The van der Waals surface area contributed by atoms with Gasteiger partial charge in [0.15, 0.2) is 0 Å². The standard InChI is InChI=1S/C33H31N3O4S/c1-3-40-28-16-12-26(13-17-28)34-31(37)22-41-29-18-14-27(15-19-29)35-33(39)30(21-24-9-7-8-23(2)20-24)36-32(38)25-10-5-4-6-11-25/h4-21H,3,22H2,1-2H3,(H,34,37)(H,35,39)(H,36,38)/b30-21-. The number of hydrogen-bond donors (Lipinski definition) is 3. The summed E-state index contributed by atoms with van der Waals surface area (Å²) in [5.74, 6) is 0.0224. The Balaban J connectivity index is 1.37. The zero-order valence-electron chi connectivity index (χ0n) is 22.8. The lowest BCUT2D eigenvalue weighted by atomic mass is 10.1. The third-order valence-electron chi connectivity index (χ3n) is 5.81. The molecule has 4 aromatic rings. The average Bonchev–Trinajstić information content (AvgIpc) is 2.98. The van der Waals surface area contributed by atoms with Crippen molar-refractivity contribution in [2.75, 3.05) is 23.0 Å². The van der Waals surface area contributed by atoms with Crippen molar-refractivity contribution >= 4 is 46.9 Å². The van der Waals surface area contributed by atoms with Gasteiger partial charge in [-0.05, 0) is 86.2 Å². The highest BCUT2D eigenvalue weighted by Gasteiger charge is 2.15. The lowest BCUT2D eigenvalue weighted by Crippen LogP contribution is -2.30. The van der Waals surface area contributed by atoms with Crippen LogP contribution in [0.3, 0.4) is 0 Å². The maximum atomic E-state index is 13.2. The van der Waals surface area contributed by atoms with Gasteiger partial charge < -0.3 is 20.7 Å². The molecule has 0 saturated carbocycles. The van der Waals surface area contributed by atoms with Gasteiger partial charge in [-0.1, -0.05) is 48.0 Å². The highest BCUT2D eigenvalue weighted by Crippen LogP contribution is 2.22. The summed E-state index contributed by atoms with van der Waals surface area (Å²) in [6.07, 6.45) is 1.65. The van der Waals surface area contributed by atoms with Crippen molar-refractivity contribution in [3.05, 3.63) is 126 Å². The van der Waals surface area contributed by atoms with E-state index < -0.39 is 5.91 Å². The molecule has 0 saturated heterocycles. The fourth-order valence-corrected chi connectivity index (χ4v) is 4.55. The van der Waals surface area contributed by atoms with Crippen LogP contribution in [0.5, 0.6) is 5.75 Å². The normalized spacial score (nSPS) is 10.9. The largest absolute Gasteiger partial charge is 0.494 e. The summed E-state index contributed by atoms with van der Waals surface area (Å²) in [4.78, 5) is 39.3. The SMILES string of the molecule is CCOc1ccc(NC(=O)CSc2ccc(NC(=O)/C(=C/c3cccc(C)c3)NC(=O)c3ccccc3)cc2)cc1.